The summed E-state index contributed by atoms with van der Waals surface area (Å²) in [6.07, 6.45) is 0. The fraction of sp³-hybridized carbons (Fsp3) is 0.158. The number of hydrogen-bond donors (Lipinski definition) is 1. The lowest BCUT2D eigenvalue weighted by Crippen LogP contribution is -2.25. The van der Waals surface area contributed by atoms with Gasteiger partial charge in [-0.15, -0.1) is 11.3 Å². The van der Waals surface area contributed by atoms with Crippen molar-refractivity contribution in [3.63, 3.8) is 0 Å². The number of aromatic nitrogens is 1. The van der Waals surface area contributed by atoms with E-state index in [2.05, 4.69) is 22.1 Å². The van der Waals surface area contributed by atoms with Crippen molar-refractivity contribution in [2.75, 3.05) is 19.4 Å². The van der Waals surface area contributed by atoms with Crippen molar-refractivity contribution in [2.45, 2.75) is 4.34 Å². The summed E-state index contributed by atoms with van der Waals surface area (Å²) in [6.45, 7) is 0.303. The maximum absolute atomic E-state index is 11.9. The first-order valence-electron chi connectivity index (χ1n) is 7.63. The van der Waals surface area contributed by atoms with Crippen molar-refractivity contribution in [3.05, 3.63) is 54.1 Å². The number of methoxy groups -OCH3 is 1. The molecule has 1 aromatic heterocycles. The molecular weight excluding hydrogens is 352 g/mol. The first-order valence-corrected chi connectivity index (χ1v) is 9.43. The van der Waals surface area contributed by atoms with Gasteiger partial charge < -0.3 is 10.1 Å². The van der Waals surface area contributed by atoms with Crippen LogP contribution in [0.15, 0.2) is 52.9 Å². The quantitative estimate of drug-likeness (QED) is 0.553. The van der Waals surface area contributed by atoms with Crippen molar-refractivity contribution in [3.8, 4) is 17.6 Å². The lowest BCUT2D eigenvalue weighted by molar-refractivity contribution is -0.118. The van der Waals surface area contributed by atoms with E-state index in [9.17, 15) is 4.79 Å². The molecule has 25 heavy (non-hydrogen) atoms. The van der Waals surface area contributed by atoms with E-state index in [1.54, 1.807) is 18.4 Å². The molecule has 0 unspecified atom stereocenters. The summed E-state index contributed by atoms with van der Waals surface area (Å²) in [5.74, 6) is 6.95. The molecular formula is C19H16N2O2S2. The number of benzene rings is 2. The van der Waals surface area contributed by atoms with E-state index in [-0.39, 0.29) is 5.91 Å². The van der Waals surface area contributed by atoms with E-state index in [1.807, 2.05) is 48.5 Å². The van der Waals surface area contributed by atoms with Gasteiger partial charge in [0.05, 0.1) is 35.2 Å². The minimum Gasteiger partial charge on any atom is -0.495 e. The molecule has 0 saturated heterocycles. The van der Waals surface area contributed by atoms with Crippen LogP contribution in [0.5, 0.6) is 5.75 Å². The number of para-hydroxylation sites is 2. The summed E-state index contributed by atoms with van der Waals surface area (Å²) in [5, 5.41) is 2.80. The van der Waals surface area contributed by atoms with Gasteiger partial charge in [0.2, 0.25) is 5.91 Å². The Hall–Kier alpha value is -2.49. The number of carbonyl (C=O) groups is 1. The SMILES string of the molecule is COc1ccccc1C#CCNC(=O)CSc1nc2ccccc2s1. The number of nitrogens with one attached hydrogen (secondary N) is 1. The van der Waals surface area contributed by atoms with Gasteiger partial charge in [0.1, 0.15) is 5.75 Å². The highest BCUT2D eigenvalue weighted by atomic mass is 32.2. The average molecular weight is 368 g/mol. The molecule has 0 saturated carbocycles. The highest BCUT2D eigenvalue weighted by Crippen LogP contribution is 2.28. The van der Waals surface area contributed by atoms with E-state index in [4.69, 9.17) is 4.74 Å². The topological polar surface area (TPSA) is 51.2 Å². The molecule has 126 valence electrons. The zero-order valence-corrected chi connectivity index (χ0v) is 15.2. The molecule has 0 aliphatic carbocycles. The second-order valence-corrected chi connectivity index (χ2v) is 7.27. The fourth-order valence-corrected chi connectivity index (χ4v) is 4.02. The number of rotatable bonds is 5. The molecule has 0 bridgehead atoms. The molecule has 1 heterocycles. The van der Waals surface area contributed by atoms with E-state index < -0.39 is 0 Å². The normalized spacial score (nSPS) is 10.1. The van der Waals surface area contributed by atoms with Crippen LogP contribution in [0.3, 0.4) is 0 Å². The fourth-order valence-electron chi connectivity index (χ4n) is 2.12. The van der Waals surface area contributed by atoms with E-state index in [1.165, 1.54) is 11.8 Å². The average Bonchev–Trinajstić information content (AvgIpc) is 3.07. The first kappa shape index (κ1) is 17.3. The summed E-state index contributed by atoms with van der Waals surface area (Å²) < 4.78 is 7.27. The van der Waals surface area contributed by atoms with Crippen LogP contribution in [0.4, 0.5) is 0 Å². The summed E-state index contributed by atoms with van der Waals surface area (Å²) in [7, 11) is 1.61. The maximum atomic E-state index is 11.9. The predicted molar refractivity (Wildman–Crippen MR) is 103 cm³/mol. The monoisotopic (exact) mass is 368 g/mol. The number of thioether (sulfide) groups is 1. The van der Waals surface area contributed by atoms with Gasteiger partial charge in [0.15, 0.2) is 4.34 Å². The van der Waals surface area contributed by atoms with Gasteiger partial charge >= 0.3 is 0 Å². The Kier molecular flexibility index (Phi) is 5.94. The molecule has 0 radical (unpaired) electrons. The van der Waals surface area contributed by atoms with Gasteiger partial charge in [0, 0.05) is 0 Å². The maximum Gasteiger partial charge on any atom is 0.231 e. The Bertz CT molecular complexity index is 908. The molecule has 4 nitrogen and oxygen atoms in total. The minimum absolute atomic E-state index is 0.0569. The number of thiazole rings is 1. The summed E-state index contributed by atoms with van der Waals surface area (Å²) in [4.78, 5) is 16.4. The highest BCUT2D eigenvalue weighted by Gasteiger charge is 2.06. The molecule has 3 rings (SSSR count). The zero-order valence-electron chi connectivity index (χ0n) is 13.6. The van der Waals surface area contributed by atoms with Gasteiger partial charge in [-0.1, -0.05) is 47.9 Å². The third kappa shape index (κ3) is 4.75. The number of nitrogens with zero attached hydrogens (tertiary/aromatic N) is 1. The molecule has 0 atom stereocenters. The molecule has 2 aromatic carbocycles. The van der Waals surface area contributed by atoms with Gasteiger partial charge in [0.25, 0.3) is 0 Å². The Balaban J connectivity index is 1.48. The summed E-state index contributed by atoms with van der Waals surface area (Å²) in [5.41, 5.74) is 1.78. The van der Waals surface area contributed by atoms with E-state index in [0.29, 0.717) is 12.3 Å². The summed E-state index contributed by atoms with van der Waals surface area (Å²) in [6, 6.07) is 15.5. The Labute approximate surface area is 154 Å². The Morgan fingerprint density at radius 1 is 1.24 bits per heavy atom. The molecule has 1 amide bonds. The van der Waals surface area contributed by atoms with Crippen LogP contribution in [0.25, 0.3) is 10.2 Å². The van der Waals surface area contributed by atoms with Crippen LogP contribution in [0, 0.1) is 11.8 Å². The van der Waals surface area contributed by atoms with Crippen LogP contribution in [0.1, 0.15) is 5.56 Å². The standard InChI is InChI=1S/C19H16N2O2S2/c1-23-16-10-4-2-7-14(16)8-6-12-20-18(22)13-24-19-21-15-9-3-5-11-17(15)25-19/h2-5,7,9-11H,12-13H2,1H3,(H,20,22). The highest BCUT2D eigenvalue weighted by molar-refractivity contribution is 8.01. The minimum atomic E-state index is -0.0569. The third-order valence-electron chi connectivity index (χ3n) is 3.30. The first-order chi connectivity index (χ1) is 12.3. The van der Waals surface area contributed by atoms with E-state index >= 15 is 0 Å². The molecule has 0 fully saturated rings. The number of carbonyl (C=O) groups excluding carboxylic acids is 1. The van der Waals surface area contributed by atoms with Gasteiger partial charge in [-0.25, -0.2) is 4.98 Å². The van der Waals surface area contributed by atoms with Crippen molar-refractivity contribution in [2.24, 2.45) is 0 Å². The molecule has 3 aromatic rings. The van der Waals surface area contributed by atoms with Crippen molar-refractivity contribution < 1.29 is 9.53 Å². The van der Waals surface area contributed by atoms with Crippen LogP contribution >= 0.6 is 23.1 Å². The van der Waals surface area contributed by atoms with Gasteiger partial charge in [-0.2, -0.15) is 0 Å². The third-order valence-corrected chi connectivity index (χ3v) is 5.48. The van der Waals surface area contributed by atoms with Crippen molar-refractivity contribution in [1.82, 2.24) is 10.3 Å². The number of hydrogen-bond acceptors (Lipinski definition) is 5. The van der Waals surface area contributed by atoms with Crippen molar-refractivity contribution >= 4 is 39.2 Å². The lowest BCUT2D eigenvalue weighted by Gasteiger charge is -2.01. The molecule has 1 N–H and O–H groups in total. The number of ether oxygens (including phenoxy) is 1. The van der Waals surface area contributed by atoms with Crippen LogP contribution in [-0.2, 0) is 4.79 Å². The number of amides is 1. The summed E-state index contributed by atoms with van der Waals surface area (Å²) >= 11 is 3.04. The lowest BCUT2D eigenvalue weighted by atomic mass is 10.2. The second-order valence-electron chi connectivity index (χ2n) is 5.01. The number of fused-ring (bicyclic) bond motifs is 1. The molecule has 0 aliphatic heterocycles. The molecule has 0 aliphatic rings. The van der Waals surface area contributed by atoms with Gasteiger partial charge in [-0.3, -0.25) is 4.79 Å². The van der Waals surface area contributed by atoms with Crippen LogP contribution in [-0.4, -0.2) is 30.3 Å². The van der Waals surface area contributed by atoms with Gasteiger partial charge in [-0.05, 0) is 24.3 Å². The Morgan fingerprint density at radius 2 is 2.04 bits per heavy atom. The molecule has 6 heteroatoms. The van der Waals surface area contributed by atoms with Crippen LogP contribution < -0.4 is 10.1 Å². The smallest absolute Gasteiger partial charge is 0.231 e. The van der Waals surface area contributed by atoms with E-state index in [0.717, 1.165) is 25.9 Å². The largest absolute Gasteiger partial charge is 0.495 e. The van der Waals surface area contributed by atoms with Crippen molar-refractivity contribution in [1.29, 1.82) is 0 Å². The second kappa shape index (κ2) is 8.56. The zero-order chi connectivity index (χ0) is 17.5. The Morgan fingerprint density at radius 3 is 2.88 bits per heavy atom. The van der Waals surface area contributed by atoms with Crippen LogP contribution in [0.2, 0.25) is 0 Å². The predicted octanol–water partition coefficient (Wildman–Crippen LogP) is 3.56. The molecule has 0 spiro atoms.